The number of anilines is 1. The lowest BCUT2D eigenvalue weighted by atomic mass is 10.1. The molecule has 4 rings (SSSR count). The van der Waals surface area contributed by atoms with Gasteiger partial charge in [0.15, 0.2) is 0 Å². The van der Waals surface area contributed by atoms with E-state index in [1.54, 1.807) is 12.4 Å². The maximum absolute atomic E-state index is 6.14. The average molecular weight is 339 g/mol. The standard InChI is InChI=1S/C19H19ClN4/c20-18-13-21-9-8-15(18)11-22-16-6-4-14(5-7-16)19-23-12-17-3-1-2-10-24(17)19/h4-9,12-13,22H,1-3,10-11H2. The van der Waals surface area contributed by atoms with E-state index in [4.69, 9.17) is 11.6 Å². The minimum absolute atomic E-state index is 0.680. The lowest BCUT2D eigenvalue weighted by Gasteiger charge is -2.16. The van der Waals surface area contributed by atoms with E-state index < -0.39 is 0 Å². The van der Waals surface area contributed by atoms with Crippen LogP contribution in [0, 0.1) is 0 Å². The lowest BCUT2D eigenvalue weighted by Crippen LogP contribution is -2.10. The fourth-order valence-corrected chi connectivity index (χ4v) is 3.33. The minimum atomic E-state index is 0.680. The summed E-state index contributed by atoms with van der Waals surface area (Å²) in [5, 5.41) is 4.08. The van der Waals surface area contributed by atoms with Crippen molar-refractivity contribution in [2.75, 3.05) is 5.32 Å². The zero-order valence-corrected chi connectivity index (χ0v) is 14.1. The number of halogens is 1. The molecule has 0 amide bonds. The highest BCUT2D eigenvalue weighted by atomic mass is 35.5. The fourth-order valence-electron chi connectivity index (χ4n) is 3.15. The van der Waals surface area contributed by atoms with Gasteiger partial charge in [-0.05, 0) is 55.2 Å². The summed E-state index contributed by atoms with van der Waals surface area (Å²) in [5.41, 5.74) is 4.62. The number of benzene rings is 1. The number of pyridine rings is 1. The molecule has 0 spiro atoms. The Bertz CT molecular complexity index is 839. The van der Waals surface area contributed by atoms with E-state index >= 15 is 0 Å². The lowest BCUT2D eigenvalue weighted by molar-refractivity contribution is 0.536. The monoisotopic (exact) mass is 338 g/mol. The van der Waals surface area contributed by atoms with E-state index in [2.05, 4.69) is 44.1 Å². The van der Waals surface area contributed by atoms with Crippen molar-refractivity contribution in [3.63, 3.8) is 0 Å². The Morgan fingerprint density at radius 2 is 1.96 bits per heavy atom. The van der Waals surface area contributed by atoms with Gasteiger partial charge < -0.3 is 9.88 Å². The molecule has 2 aromatic heterocycles. The van der Waals surface area contributed by atoms with Crippen molar-refractivity contribution in [3.05, 3.63) is 65.2 Å². The topological polar surface area (TPSA) is 42.7 Å². The molecule has 3 heterocycles. The van der Waals surface area contributed by atoms with E-state index in [9.17, 15) is 0 Å². The van der Waals surface area contributed by atoms with Crippen molar-refractivity contribution in [2.45, 2.75) is 32.4 Å². The molecule has 4 nitrogen and oxygen atoms in total. The number of nitrogens with zero attached hydrogens (tertiary/aromatic N) is 3. The number of aryl methyl sites for hydroxylation is 1. The van der Waals surface area contributed by atoms with Gasteiger partial charge in [0.25, 0.3) is 0 Å². The highest BCUT2D eigenvalue weighted by Crippen LogP contribution is 2.26. The summed E-state index contributed by atoms with van der Waals surface area (Å²) in [5.74, 6) is 1.08. The van der Waals surface area contributed by atoms with Gasteiger partial charge in [-0.2, -0.15) is 0 Å². The number of rotatable bonds is 4. The van der Waals surface area contributed by atoms with Gasteiger partial charge in [0, 0.05) is 48.6 Å². The maximum atomic E-state index is 6.14. The number of hydrogen-bond donors (Lipinski definition) is 1. The molecule has 1 aromatic carbocycles. The summed E-state index contributed by atoms with van der Waals surface area (Å²) in [7, 11) is 0. The molecule has 0 unspecified atom stereocenters. The molecular weight excluding hydrogens is 320 g/mol. The van der Waals surface area contributed by atoms with Gasteiger partial charge in [-0.3, -0.25) is 4.98 Å². The molecule has 0 bridgehead atoms. The third-order valence-corrected chi connectivity index (χ3v) is 4.83. The van der Waals surface area contributed by atoms with Crippen LogP contribution in [-0.4, -0.2) is 14.5 Å². The smallest absolute Gasteiger partial charge is 0.140 e. The van der Waals surface area contributed by atoms with Gasteiger partial charge >= 0.3 is 0 Å². The van der Waals surface area contributed by atoms with Gasteiger partial charge in [0.1, 0.15) is 5.82 Å². The SMILES string of the molecule is Clc1cnccc1CNc1ccc(-c2ncc3n2CCCC3)cc1. The summed E-state index contributed by atoms with van der Waals surface area (Å²) in [6, 6.07) is 10.4. The molecular formula is C19H19ClN4. The van der Waals surface area contributed by atoms with Gasteiger partial charge in [0.2, 0.25) is 0 Å². The van der Waals surface area contributed by atoms with E-state index in [-0.39, 0.29) is 0 Å². The Morgan fingerprint density at radius 3 is 2.79 bits per heavy atom. The molecule has 0 saturated heterocycles. The van der Waals surface area contributed by atoms with Gasteiger partial charge in [-0.1, -0.05) is 11.6 Å². The third-order valence-electron chi connectivity index (χ3n) is 4.49. The van der Waals surface area contributed by atoms with Crippen LogP contribution in [0.5, 0.6) is 0 Å². The van der Waals surface area contributed by atoms with Gasteiger partial charge in [0.05, 0.1) is 5.02 Å². The summed E-state index contributed by atoms with van der Waals surface area (Å²) in [6.07, 6.45) is 9.09. The third kappa shape index (κ3) is 3.02. The second-order valence-corrected chi connectivity index (χ2v) is 6.49. The van der Waals surface area contributed by atoms with Crippen molar-refractivity contribution >= 4 is 17.3 Å². The van der Waals surface area contributed by atoms with Crippen LogP contribution in [0.4, 0.5) is 5.69 Å². The van der Waals surface area contributed by atoms with Crippen LogP contribution in [0.2, 0.25) is 5.02 Å². The zero-order chi connectivity index (χ0) is 16.4. The number of imidazole rings is 1. The Hall–Kier alpha value is -2.33. The quantitative estimate of drug-likeness (QED) is 0.759. The predicted molar refractivity (Wildman–Crippen MR) is 97.2 cm³/mol. The first-order valence-corrected chi connectivity index (χ1v) is 8.66. The molecule has 0 atom stereocenters. The molecule has 1 aliphatic heterocycles. The number of aromatic nitrogens is 3. The van der Waals surface area contributed by atoms with Crippen molar-refractivity contribution in [3.8, 4) is 11.4 Å². The number of hydrogen-bond acceptors (Lipinski definition) is 3. The Labute approximate surface area is 146 Å². The van der Waals surface area contributed by atoms with Crippen LogP contribution in [0.25, 0.3) is 11.4 Å². The first kappa shape index (κ1) is 15.2. The summed E-state index contributed by atoms with van der Waals surface area (Å²) in [6.45, 7) is 1.75. The summed E-state index contributed by atoms with van der Waals surface area (Å²) >= 11 is 6.14. The van der Waals surface area contributed by atoms with Crippen LogP contribution < -0.4 is 5.32 Å². The number of fused-ring (bicyclic) bond motifs is 1. The predicted octanol–water partition coefficient (Wildman–Crippen LogP) is 4.55. The maximum Gasteiger partial charge on any atom is 0.140 e. The Morgan fingerprint density at radius 1 is 1.08 bits per heavy atom. The van der Waals surface area contributed by atoms with Gasteiger partial charge in [-0.15, -0.1) is 0 Å². The normalized spacial score (nSPS) is 13.5. The molecule has 5 heteroatoms. The average Bonchev–Trinajstić information content (AvgIpc) is 3.06. The van der Waals surface area contributed by atoms with Crippen molar-refractivity contribution in [1.29, 1.82) is 0 Å². The summed E-state index contributed by atoms with van der Waals surface area (Å²) in [4.78, 5) is 8.63. The van der Waals surface area contributed by atoms with E-state index in [1.165, 1.54) is 18.5 Å². The van der Waals surface area contributed by atoms with Crippen LogP contribution in [0.3, 0.4) is 0 Å². The van der Waals surface area contributed by atoms with E-state index in [0.29, 0.717) is 11.6 Å². The van der Waals surface area contributed by atoms with Crippen LogP contribution in [-0.2, 0) is 19.5 Å². The molecule has 1 aliphatic rings. The molecule has 1 N–H and O–H groups in total. The zero-order valence-electron chi connectivity index (χ0n) is 13.4. The number of nitrogens with one attached hydrogen (secondary N) is 1. The second kappa shape index (κ2) is 6.65. The minimum Gasteiger partial charge on any atom is -0.381 e. The molecule has 122 valence electrons. The second-order valence-electron chi connectivity index (χ2n) is 6.08. The first-order valence-electron chi connectivity index (χ1n) is 8.28. The molecule has 0 aliphatic carbocycles. The van der Waals surface area contributed by atoms with Crippen LogP contribution in [0.15, 0.2) is 48.9 Å². The van der Waals surface area contributed by atoms with E-state index in [1.807, 2.05) is 12.3 Å². The molecule has 0 radical (unpaired) electrons. The van der Waals surface area contributed by atoms with E-state index in [0.717, 1.165) is 35.6 Å². The molecule has 24 heavy (non-hydrogen) atoms. The highest BCUT2D eigenvalue weighted by Gasteiger charge is 2.14. The van der Waals surface area contributed by atoms with Crippen molar-refractivity contribution in [1.82, 2.24) is 14.5 Å². The van der Waals surface area contributed by atoms with Crippen LogP contribution >= 0.6 is 11.6 Å². The summed E-state index contributed by atoms with van der Waals surface area (Å²) < 4.78 is 2.35. The van der Waals surface area contributed by atoms with Crippen molar-refractivity contribution < 1.29 is 0 Å². The van der Waals surface area contributed by atoms with Crippen LogP contribution in [0.1, 0.15) is 24.1 Å². The molecule has 0 saturated carbocycles. The Kier molecular flexibility index (Phi) is 4.22. The largest absolute Gasteiger partial charge is 0.381 e. The Balaban J connectivity index is 1.49. The van der Waals surface area contributed by atoms with Crippen molar-refractivity contribution in [2.24, 2.45) is 0 Å². The van der Waals surface area contributed by atoms with Gasteiger partial charge in [-0.25, -0.2) is 4.98 Å². The highest BCUT2D eigenvalue weighted by molar-refractivity contribution is 6.31. The molecule has 3 aromatic rings. The molecule has 0 fully saturated rings. The fraction of sp³-hybridized carbons (Fsp3) is 0.263. The first-order chi connectivity index (χ1) is 11.8.